The summed E-state index contributed by atoms with van der Waals surface area (Å²) in [5.74, 6) is -2.27. The minimum absolute atomic E-state index is 0.169. The number of esters is 1. The highest BCUT2D eigenvalue weighted by Gasteiger charge is 2.49. The molecule has 2 rings (SSSR count). The van der Waals surface area contributed by atoms with Crippen molar-refractivity contribution in [2.45, 2.75) is 18.6 Å². The minimum atomic E-state index is -4.97. The SMILES string of the molecule is O=C(OCI)C1=Cc2cc(OC(F)(F)F)ccc2OC1C(F)(F)F. The third kappa shape index (κ3) is 4.45. The van der Waals surface area contributed by atoms with Crippen LogP contribution in [0.3, 0.4) is 0 Å². The van der Waals surface area contributed by atoms with Crippen molar-refractivity contribution in [3.63, 3.8) is 0 Å². The van der Waals surface area contributed by atoms with Gasteiger partial charge in [-0.25, -0.2) is 4.79 Å². The van der Waals surface area contributed by atoms with Gasteiger partial charge in [0.1, 0.15) is 16.1 Å². The summed E-state index contributed by atoms with van der Waals surface area (Å²) in [4.78, 5) is 11.7. The molecule has 1 atom stereocenters. The molecule has 1 aromatic rings. The molecule has 24 heavy (non-hydrogen) atoms. The molecule has 1 aliphatic rings. The van der Waals surface area contributed by atoms with E-state index in [-0.39, 0.29) is 15.9 Å². The lowest BCUT2D eigenvalue weighted by Crippen LogP contribution is -2.40. The van der Waals surface area contributed by atoms with Crippen molar-refractivity contribution >= 4 is 34.6 Å². The molecular weight excluding hydrogens is 461 g/mol. The van der Waals surface area contributed by atoms with E-state index < -0.39 is 35.9 Å². The van der Waals surface area contributed by atoms with Gasteiger partial charge in [0.15, 0.2) is 0 Å². The maximum Gasteiger partial charge on any atom is 0.573 e. The predicted octanol–water partition coefficient (Wildman–Crippen LogP) is 4.23. The molecule has 1 heterocycles. The second-order valence-corrected chi connectivity index (χ2v) is 5.05. The molecule has 1 aromatic carbocycles. The van der Waals surface area contributed by atoms with Gasteiger partial charge in [-0.2, -0.15) is 13.2 Å². The van der Waals surface area contributed by atoms with Crippen LogP contribution in [-0.4, -0.2) is 29.2 Å². The van der Waals surface area contributed by atoms with Gasteiger partial charge in [0.05, 0.1) is 5.57 Å². The van der Waals surface area contributed by atoms with Crippen LogP contribution in [0, 0.1) is 0 Å². The van der Waals surface area contributed by atoms with Crippen LogP contribution in [0.2, 0.25) is 0 Å². The number of carbonyl (C=O) groups is 1. The molecule has 0 saturated heterocycles. The zero-order valence-electron chi connectivity index (χ0n) is 11.4. The number of fused-ring (bicyclic) bond motifs is 1. The second kappa shape index (κ2) is 6.69. The molecule has 0 fully saturated rings. The van der Waals surface area contributed by atoms with Gasteiger partial charge in [0.25, 0.3) is 0 Å². The van der Waals surface area contributed by atoms with Gasteiger partial charge in [-0.3, -0.25) is 0 Å². The molecule has 132 valence electrons. The lowest BCUT2D eigenvalue weighted by molar-refractivity contribution is -0.274. The summed E-state index contributed by atoms with van der Waals surface area (Å²) in [6.45, 7) is 0. The molecule has 4 nitrogen and oxygen atoms in total. The highest BCUT2D eigenvalue weighted by molar-refractivity contribution is 14.1. The monoisotopic (exact) mass is 468 g/mol. The molecular formula is C13H7F6IO4. The zero-order valence-corrected chi connectivity index (χ0v) is 13.5. The van der Waals surface area contributed by atoms with Crippen molar-refractivity contribution in [1.82, 2.24) is 0 Å². The zero-order chi connectivity index (χ0) is 18.1. The molecule has 11 heteroatoms. The van der Waals surface area contributed by atoms with E-state index in [1.165, 1.54) is 0 Å². The first-order valence-electron chi connectivity index (χ1n) is 6.09. The molecule has 0 aromatic heterocycles. The van der Waals surface area contributed by atoms with Gasteiger partial charge in [-0.15, -0.1) is 13.2 Å². The number of hydrogen-bond acceptors (Lipinski definition) is 4. The maximum atomic E-state index is 13.0. The van der Waals surface area contributed by atoms with Crippen molar-refractivity contribution < 1.29 is 45.3 Å². The first kappa shape index (κ1) is 18.7. The Morgan fingerprint density at radius 3 is 2.42 bits per heavy atom. The number of benzene rings is 1. The fraction of sp³-hybridized carbons (Fsp3) is 0.308. The van der Waals surface area contributed by atoms with E-state index >= 15 is 0 Å². The second-order valence-electron chi connectivity index (χ2n) is 4.43. The third-order valence-electron chi connectivity index (χ3n) is 2.77. The average Bonchev–Trinajstić information content (AvgIpc) is 2.43. The van der Waals surface area contributed by atoms with Crippen molar-refractivity contribution in [3.05, 3.63) is 29.3 Å². The molecule has 0 N–H and O–H groups in total. The molecule has 1 unspecified atom stereocenters. The molecule has 0 saturated carbocycles. The van der Waals surface area contributed by atoms with Crippen LogP contribution in [0.15, 0.2) is 23.8 Å². The van der Waals surface area contributed by atoms with Gasteiger partial charge in [-0.1, -0.05) is 0 Å². The number of halogens is 7. The van der Waals surface area contributed by atoms with Gasteiger partial charge in [0, 0.05) is 5.56 Å². The molecule has 0 amide bonds. The van der Waals surface area contributed by atoms with Crippen molar-refractivity contribution in [3.8, 4) is 11.5 Å². The van der Waals surface area contributed by atoms with Crippen LogP contribution in [0.4, 0.5) is 26.3 Å². The number of hydrogen-bond donors (Lipinski definition) is 0. The minimum Gasteiger partial charge on any atom is -0.475 e. The van der Waals surface area contributed by atoms with Crippen molar-refractivity contribution in [2.24, 2.45) is 0 Å². The quantitative estimate of drug-likeness (QED) is 0.289. The van der Waals surface area contributed by atoms with E-state index in [4.69, 9.17) is 4.74 Å². The average molecular weight is 468 g/mol. The number of carbonyl (C=O) groups excluding carboxylic acids is 1. The van der Waals surface area contributed by atoms with Crippen molar-refractivity contribution in [2.75, 3.05) is 4.61 Å². The van der Waals surface area contributed by atoms with Crippen LogP contribution in [-0.2, 0) is 9.53 Å². The fourth-order valence-electron chi connectivity index (χ4n) is 1.92. The smallest absolute Gasteiger partial charge is 0.475 e. The van der Waals surface area contributed by atoms with Crippen molar-refractivity contribution in [1.29, 1.82) is 0 Å². The lowest BCUT2D eigenvalue weighted by Gasteiger charge is -2.28. The number of rotatable bonds is 3. The summed E-state index contributed by atoms with van der Waals surface area (Å²) in [6, 6.07) is 2.51. The molecule has 0 bridgehead atoms. The Kier molecular flexibility index (Phi) is 5.20. The summed E-state index contributed by atoms with van der Waals surface area (Å²) >= 11 is 1.61. The fourth-order valence-corrected chi connectivity index (χ4v) is 2.20. The number of alkyl halides is 7. The molecule has 1 aliphatic heterocycles. The van der Waals surface area contributed by atoms with Gasteiger partial charge in [0.2, 0.25) is 6.10 Å². The topological polar surface area (TPSA) is 44.8 Å². The highest BCUT2D eigenvalue weighted by atomic mass is 127. The van der Waals surface area contributed by atoms with E-state index in [2.05, 4.69) is 9.47 Å². The van der Waals surface area contributed by atoms with E-state index in [9.17, 15) is 31.1 Å². The summed E-state index contributed by atoms with van der Waals surface area (Å²) in [7, 11) is 0. The summed E-state index contributed by atoms with van der Waals surface area (Å²) in [5.41, 5.74) is -1.03. The first-order valence-corrected chi connectivity index (χ1v) is 7.61. The van der Waals surface area contributed by atoms with Crippen LogP contribution < -0.4 is 9.47 Å². The van der Waals surface area contributed by atoms with Gasteiger partial charge < -0.3 is 14.2 Å². The first-order chi connectivity index (χ1) is 11.0. The third-order valence-corrected chi connectivity index (χ3v) is 3.08. The van der Waals surface area contributed by atoms with Gasteiger partial charge in [-0.05, 0) is 46.9 Å². The molecule has 0 spiro atoms. The van der Waals surface area contributed by atoms with Crippen LogP contribution in [0.5, 0.6) is 11.5 Å². The van der Waals surface area contributed by atoms with Crippen LogP contribution >= 0.6 is 22.6 Å². The Hall–Kier alpha value is -1.66. The summed E-state index contributed by atoms with van der Waals surface area (Å²) < 4.78 is 88.5. The van der Waals surface area contributed by atoms with Crippen LogP contribution in [0.25, 0.3) is 6.08 Å². The Morgan fingerprint density at radius 1 is 1.21 bits per heavy atom. The molecule has 0 radical (unpaired) electrons. The summed E-state index contributed by atoms with van der Waals surface area (Å²) in [5, 5.41) is 0. The van der Waals surface area contributed by atoms with Crippen LogP contribution in [0.1, 0.15) is 5.56 Å². The largest absolute Gasteiger partial charge is 0.573 e. The van der Waals surface area contributed by atoms with Gasteiger partial charge >= 0.3 is 18.5 Å². The summed E-state index contributed by atoms with van der Waals surface area (Å²) in [6.07, 6.45) is -11.7. The Morgan fingerprint density at radius 2 is 1.88 bits per heavy atom. The molecule has 0 aliphatic carbocycles. The highest BCUT2D eigenvalue weighted by Crippen LogP contribution is 2.39. The Labute approximate surface area is 144 Å². The Bertz CT molecular complexity index is 667. The lowest BCUT2D eigenvalue weighted by atomic mass is 10.0. The number of ether oxygens (including phenoxy) is 3. The van der Waals surface area contributed by atoms with E-state index in [1.54, 1.807) is 22.6 Å². The maximum absolute atomic E-state index is 13.0. The standard InChI is InChI=1S/C13H7F6IO4/c14-12(15,16)10-8(11(21)22-5-20)4-6-3-7(24-13(17,18)19)1-2-9(6)23-10/h1-4,10H,5H2. The predicted molar refractivity (Wildman–Crippen MR) is 76.6 cm³/mol. The van der Waals surface area contributed by atoms with E-state index in [1.807, 2.05) is 0 Å². The van der Waals surface area contributed by atoms with E-state index in [0.29, 0.717) is 0 Å². The Balaban J connectivity index is 2.44. The normalized spacial score (nSPS) is 17.5. The van der Waals surface area contributed by atoms with E-state index in [0.717, 1.165) is 24.3 Å².